The first kappa shape index (κ1) is 18.6. The van der Waals surface area contributed by atoms with Crippen LogP contribution in [-0.2, 0) is 6.54 Å². The van der Waals surface area contributed by atoms with Crippen LogP contribution in [0.2, 0.25) is 0 Å². The zero-order valence-electron chi connectivity index (χ0n) is 16.7. The van der Waals surface area contributed by atoms with Gasteiger partial charge in [-0.15, -0.1) is 0 Å². The minimum absolute atomic E-state index is 0.646. The van der Waals surface area contributed by atoms with E-state index in [4.69, 9.17) is 4.98 Å². The van der Waals surface area contributed by atoms with Gasteiger partial charge in [0.2, 0.25) is 0 Å². The topological polar surface area (TPSA) is 66.0 Å². The van der Waals surface area contributed by atoms with E-state index in [1.165, 1.54) is 0 Å². The third kappa shape index (κ3) is 3.75. The fourth-order valence-electron chi connectivity index (χ4n) is 3.62. The highest BCUT2D eigenvalue weighted by atomic mass is 15.3. The Balaban J connectivity index is 1.40. The number of benzene rings is 3. The lowest BCUT2D eigenvalue weighted by Crippen LogP contribution is -2.06. The number of nitrogens with zero attached hydrogens (tertiary/aromatic N) is 4. The molecule has 0 amide bonds. The molecule has 0 aliphatic heterocycles. The van der Waals surface area contributed by atoms with E-state index >= 15 is 0 Å². The lowest BCUT2D eigenvalue weighted by Gasteiger charge is -2.11. The van der Waals surface area contributed by atoms with Crippen LogP contribution >= 0.6 is 0 Å². The van der Waals surface area contributed by atoms with Crippen molar-refractivity contribution < 1.29 is 0 Å². The van der Waals surface area contributed by atoms with Crippen molar-refractivity contribution in [2.75, 3.05) is 5.32 Å². The van der Waals surface area contributed by atoms with Crippen molar-refractivity contribution in [1.82, 2.24) is 14.6 Å². The molecule has 31 heavy (non-hydrogen) atoms. The Bertz CT molecular complexity index is 1380. The molecule has 1 N–H and O–H groups in total. The average Bonchev–Trinajstić information content (AvgIpc) is 3.32. The summed E-state index contributed by atoms with van der Waals surface area (Å²) in [5.41, 5.74) is 6.56. The molecular weight excluding hydrogens is 382 g/mol. The summed E-state index contributed by atoms with van der Waals surface area (Å²) >= 11 is 0. The second-order valence-electron chi connectivity index (χ2n) is 7.20. The minimum Gasteiger partial charge on any atom is -0.366 e. The van der Waals surface area contributed by atoms with Crippen LogP contribution < -0.4 is 5.32 Å². The maximum atomic E-state index is 9.34. The van der Waals surface area contributed by atoms with E-state index in [0.29, 0.717) is 12.1 Å². The monoisotopic (exact) mass is 401 g/mol. The molecule has 5 aromatic rings. The summed E-state index contributed by atoms with van der Waals surface area (Å²) in [5.74, 6) is 0.882. The smallest absolute Gasteiger partial charge is 0.157 e. The third-order valence-electron chi connectivity index (χ3n) is 5.22. The van der Waals surface area contributed by atoms with E-state index in [-0.39, 0.29) is 0 Å². The van der Waals surface area contributed by atoms with Gasteiger partial charge in [-0.05, 0) is 22.8 Å². The van der Waals surface area contributed by atoms with Crippen LogP contribution in [0.1, 0.15) is 11.1 Å². The molecule has 0 aliphatic rings. The van der Waals surface area contributed by atoms with Crippen LogP contribution in [0.4, 0.5) is 5.82 Å². The predicted octanol–water partition coefficient (Wildman–Crippen LogP) is 5.55. The van der Waals surface area contributed by atoms with Crippen molar-refractivity contribution >= 4 is 11.5 Å². The van der Waals surface area contributed by atoms with Crippen LogP contribution in [0.25, 0.3) is 28.0 Å². The van der Waals surface area contributed by atoms with Crippen molar-refractivity contribution in [2.45, 2.75) is 6.54 Å². The van der Waals surface area contributed by atoms with Gasteiger partial charge in [0, 0.05) is 24.2 Å². The fraction of sp³-hybridized carbons (Fsp3) is 0.0385. The van der Waals surface area contributed by atoms with Crippen LogP contribution in [0.15, 0.2) is 97.2 Å². The van der Waals surface area contributed by atoms with Gasteiger partial charge in [0.25, 0.3) is 0 Å². The van der Waals surface area contributed by atoms with Gasteiger partial charge in [-0.1, -0.05) is 72.8 Å². The zero-order chi connectivity index (χ0) is 21.0. The maximum absolute atomic E-state index is 9.34. The molecule has 2 heterocycles. The number of anilines is 1. The Morgan fingerprint density at radius 3 is 2.42 bits per heavy atom. The number of nitriles is 1. The van der Waals surface area contributed by atoms with E-state index < -0.39 is 0 Å². The number of nitrogens with one attached hydrogen (secondary N) is 1. The summed E-state index contributed by atoms with van der Waals surface area (Å²) in [6.07, 6.45) is 1.75. The number of rotatable bonds is 5. The largest absolute Gasteiger partial charge is 0.366 e. The molecule has 148 valence electrons. The zero-order valence-corrected chi connectivity index (χ0v) is 16.7. The van der Waals surface area contributed by atoms with Crippen molar-refractivity contribution in [3.63, 3.8) is 0 Å². The van der Waals surface area contributed by atoms with Crippen LogP contribution in [-0.4, -0.2) is 14.6 Å². The van der Waals surface area contributed by atoms with Crippen molar-refractivity contribution in [3.05, 3.63) is 108 Å². The molecule has 5 nitrogen and oxygen atoms in total. The number of hydrogen-bond donors (Lipinski definition) is 1. The van der Waals surface area contributed by atoms with Gasteiger partial charge in [0.15, 0.2) is 5.65 Å². The summed E-state index contributed by atoms with van der Waals surface area (Å²) in [4.78, 5) is 4.72. The lowest BCUT2D eigenvalue weighted by molar-refractivity contribution is 0.927. The molecule has 0 radical (unpaired) electrons. The van der Waals surface area contributed by atoms with Crippen molar-refractivity contribution in [3.8, 4) is 28.5 Å². The summed E-state index contributed by atoms with van der Waals surface area (Å²) in [6, 6.07) is 32.2. The summed E-state index contributed by atoms with van der Waals surface area (Å²) in [7, 11) is 0. The van der Waals surface area contributed by atoms with E-state index in [1.807, 2.05) is 59.1 Å². The van der Waals surface area contributed by atoms with E-state index in [2.05, 4.69) is 52.9 Å². The average molecular weight is 401 g/mol. The summed E-state index contributed by atoms with van der Waals surface area (Å²) in [6.45, 7) is 0.646. The maximum Gasteiger partial charge on any atom is 0.157 e. The van der Waals surface area contributed by atoms with Crippen LogP contribution in [0, 0.1) is 11.3 Å². The highest BCUT2D eigenvalue weighted by molar-refractivity contribution is 5.70. The third-order valence-corrected chi connectivity index (χ3v) is 5.22. The molecule has 0 fully saturated rings. The first-order valence-electron chi connectivity index (χ1n) is 10.0. The summed E-state index contributed by atoms with van der Waals surface area (Å²) < 4.78 is 1.81. The SMILES string of the molecule is N#Cc1ccccc1-c1ccc(CNc2cc(-c3ccccc3)nc3ccnn23)cc1. The second-order valence-corrected chi connectivity index (χ2v) is 7.20. The molecule has 0 atom stereocenters. The molecule has 2 aromatic heterocycles. The molecular formula is C26H19N5. The Morgan fingerprint density at radius 2 is 1.61 bits per heavy atom. The molecule has 5 rings (SSSR count). The normalized spacial score (nSPS) is 10.7. The van der Waals surface area contributed by atoms with Gasteiger partial charge in [-0.3, -0.25) is 0 Å². The van der Waals surface area contributed by atoms with Crippen molar-refractivity contribution in [1.29, 1.82) is 5.26 Å². The molecule has 5 heteroatoms. The highest BCUT2D eigenvalue weighted by Crippen LogP contribution is 2.25. The van der Waals surface area contributed by atoms with Crippen LogP contribution in [0.3, 0.4) is 0 Å². The Morgan fingerprint density at radius 1 is 0.839 bits per heavy atom. The molecule has 0 aliphatic carbocycles. The molecule has 0 saturated carbocycles. The van der Waals surface area contributed by atoms with Gasteiger partial charge >= 0.3 is 0 Å². The standard InChI is InChI=1S/C26H19N5/c27-17-22-8-4-5-9-23(22)20-12-10-19(11-13-20)18-28-26-16-24(21-6-2-1-3-7-21)30-25-14-15-29-31(25)26/h1-16,28H,18H2. The fourth-order valence-corrected chi connectivity index (χ4v) is 3.62. The molecule has 0 spiro atoms. The minimum atomic E-state index is 0.646. The number of fused-ring (bicyclic) bond motifs is 1. The molecule has 0 unspecified atom stereocenters. The Kier molecular flexibility index (Phi) is 4.88. The Labute approximate surface area is 180 Å². The summed E-state index contributed by atoms with van der Waals surface area (Å²) in [5, 5.41) is 17.2. The van der Waals surface area contributed by atoms with E-state index in [0.717, 1.165) is 39.4 Å². The van der Waals surface area contributed by atoms with Gasteiger partial charge in [-0.25, -0.2) is 4.98 Å². The van der Waals surface area contributed by atoms with E-state index in [9.17, 15) is 5.26 Å². The highest BCUT2D eigenvalue weighted by Gasteiger charge is 2.09. The number of hydrogen-bond acceptors (Lipinski definition) is 4. The molecule has 0 saturated heterocycles. The van der Waals surface area contributed by atoms with Gasteiger partial charge in [0.1, 0.15) is 5.82 Å². The van der Waals surface area contributed by atoms with Crippen LogP contribution in [0.5, 0.6) is 0 Å². The predicted molar refractivity (Wildman–Crippen MR) is 122 cm³/mol. The lowest BCUT2D eigenvalue weighted by atomic mass is 9.99. The first-order valence-corrected chi connectivity index (χ1v) is 10.0. The van der Waals surface area contributed by atoms with Crippen molar-refractivity contribution in [2.24, 2.45) is 0 Å². The quantitative estimate of drug-likeness (QED) is 0.419. The van der Waals surface area contributed by atoms with E-state index in [1.54, 1.807) is 6.20 Å². The van der Waals surface area contributed by atoms with Gasteiger partial charge in [0.05, 0.1) is 23.5 Å². The first-order chi connectivity index (χ1) is 15.3. The Hall–Kier alpha value is -4.43. The second kappa shape index (κ2) is 8.13. The van der Waals surface area contributed by atoms with Gasteiger partial charge in [-0.2, -0.15) is 14.9 Å². The molecule has 3 aromatic carbocycles. The molecule has 0 bridgehead atoms. The number of aromatic nitrogens is 3. The van der Waals surface area contributed by atoms with Gasteiger partial charge < -0.3 is 5.32 Å².